The fraction of sp³-hybridized carbons (Fsp3) is 0.364. The average molecular weight is 192 g/mol. The minimum absolute atomic E-state index is 0.134. The third kappa shape index (κ3) is 3.58. The molecule has 1 amide bonds. The predicted octanol–water partition coefficient (Wildman–Crippen LogP) is 0.693. The van der Waals surface area contributed by atoms with Gasteiger partial charge in [0.2, 0.25) is 5.91 Å². The Balaban J connectivity index is 2.53. The highest BCUT2D eigenvalue weighted by atomic mass is 16.1. The van der Waals surface area contributed by atoms with Crippen molar-refractivity contribution in [1.82, 2.24) is 5.32 Å². The molecule has 0 bridgehead atoms. The van der Waals surface area contributed by atoms with Crippen LogP contribution in [0.25, 0.3) is 0 Å². The molecule has 3 N–H and O–H groups in total. The highest BCUT2D eigenvalue weighted by molar-refractivity contribution is 5.74. The monoisotopic (exact) mass is 192 g/mol. The maximum Gasteiger partial charge on any atom is 0.218 e. The van der Waals surface area contributed by atoms with Crippen molar-refractivity contribution in [3.63, 3.8) is 0 Å². The lowest BCUT2D eigenvalue weighted by molar-refractivity contribution is -0.118. The van der Waals surface area contributed by atoms with Crippen molar-refractivity contribution >= 4 is 5.91 Å². The molecule has 3 nitrogen and oxygen atoms in total. The van der Waals surface area contributed by atoms with Crippen molar-refractivity contribution in [2.24, 2.45) is 5.73 Å². The van der Waals surface area contributed by atoms with Crippen LogP contribution < -0.4 is 11.1 Å². The fourth-order valence-corrected chi connectivity index (χ4v) is 1.42. The number of nitrogens with one attached hydrogen (secondary N) is 1. The summed E-state index contributed by atoms with van der Waals surface area (Å²) in [4.78, 5) is 10.7. The molecule has 0 aromatic heterocycles. The molecule has 0 fully saturated rings. The average Bonchev–Trinajstić information content (AvgIpc) is 2.17. The number of nitrogens with two attached hydrogens (primary N) is 1. The lowest BCUT2D eigenvalue weighted by atomic mass is 10.0. The van der Waals surface area contributed by atoms with Crippen LogP contribution in [-0.2, 0) is 11.2 Å². The minimum atomic E-state index is -0.264. The number of benzene rings is 1. The molecule has 3 heteroatoms. The van der Waals surface area contributed by atoms with Gasteiger partial charge in [-0.2, -0.15) is 0 Å². The summed E-state index contributed by atoms with van der Waals surface area (Å²) >= 11 is 0. The molecule has 0 spiro atoms. The van der Waals surface area contributed by atoms with E-state index in [0.29, 0.717) is 6.42 Å². The van der Waals surface area contributed by atoms with Gasteiger partial charge in [-0.25, -0.2) is 0 Å². The number of primary amides is 1. The van der Waals surface area contributed by atoms with E-state index >= 15 is 0 Å². The Morgan fingerprint density at radius 3 is 2.57 bits per heavy atom. The zero-order valence-electron chi connectivity index (χ0n) is 8.36. The van der Waals surface area contributed by atoms with Gasteiger partial charge in [-0.1, -0.05) is 30.3 Å². The normalized spacial score (nSPS) is 12.4. The second-order valence-corrected chi connectivity index (χ2v) is 3.35. The second kappa shape index (κ2) is 5.40. The Hall–Kier alpha value is -1.35. The third-order valence-corrected chi connectivity index (χ3v) is 2.18. The molecule has 0 saturated heterocycles. The number of rotatable bonds is 5. The maximum atomic E-state index is 10.7. The summed E-state index contributed by atoms with van der Waals surface area (Å²) in [5.74, 6) is -0.264. The van der Waals surface area contributed by atoms with E-state index in [-0.39, 0.29) is 11.9 Å². The van der Waals surface area contributed by atoms with E-state index in [4.69, 9.17) is 5.73 Å². The van der Waals surface area contributed by atoms with Crippen molar-refractivity contribution in [1.29, 1.82) is 0 Å². The number of carbonyl (C=O) groups is 1. The summed E-state index contributed by atoms with van der Waals surface area (Å²) < 4.78 is 0. The first-order valence-electron chi connectivity index (χ1n) is 4.72. The molecule has 1 aromatic rings. The van der Waals surface area contributed by atoms with Crippen molar-refractivity contribution in [3.05, 3.63) is 35.9 Å². The molecular weight excluding hydrogens is 176 g/mol. The summed E-state index contributed by atoms with van der Waals surface area (Å²) in [7, 11) is 1.84. The molecule has 1 atom stereocenters. The first-order valence-corrected chi connectivity index (χ1v) is 4.72. The summed E-state index contributed by atoms with van der Waals surface area (Å²) in [5.41, 5.74) is 6.36. The number of carbonyl (C=O) groups excluding carboxylic acids is 1. The predicted molar refractivity (Wildman–Crippen MR) is 56.8 cm³/mol. The largest absolute Gasteiger partial charge is 0.370 e. The minimum Gasteiger partial charge on any atom is -0.370 e. The molecule has 1 rings (SSSR count). The van der Waals surface area contributed by atoms with Crippen LogP contribution in [0.2, 0.25) is 0 Å². The van der Waals surface area contributed by atoms with Gasteiger partial charge in [0.05, 0.1) is 0 Å². The van der Waals surface area contributed by atoms with Crippen LogP contribution in [0.5, 0.6) is 0 Å². The van der Waals surface area contributed by atoms with Gasteiger partial charge in [-0.3, -0.25) is 4.79 Å². The molecule has 1 aromatic carbocycles. The van der Waals surface area contributed by atoms with Gasteiger partial charge in [0.1, 0.15) is 0 Å². The molecule has 76 valence electrons. The second-order valence-electron chi connectivity index (χ2n) is 3.35. The van der Waals surface area contributed by atoms with Gasteiger partial charge >= 0.3 is 0 Å². The SMILES string of the molecule is CNC(CC(N)=O)Cc1ccccc1. The molecule has 14 heavy (non-hydrogen) atoms. The van der Waals surface area contributed by atoms with E-state index in [0.717, 1.165) is 6.42 Å². The zero-order chi connectivity index (χ0) is 10.4. The van der Waals surface area contributed by atoms with Gasteiger partial charge in [0.15, 0.2) is 0 Å². The van der Waals surface area contributed by atoms with Gasteiger partial charge in [-0.05, 0) is 19.0 Å². The zero-order valence-corrected chi connectivity index (χ0v) is 8.36. The Kier molecular flexibility index (Phi) is 4.13. The number of likely N-dealkylation sites (N-methyl/N-ethyl adjacent to an activating group) is 1. The molecule has 0 radical (unpaired) electrons. The Morgan fingerprint density at radius 2 is 2.07 bits per heavy atom. The number of hydrogen-bond donors (Lipinski definition) is 2. The van der Waals surface area contributed by atoms with Crippen molar-refractivity contribution in [2.45, 2.75) is 18.9 Å². The molecule has 0 aliphatic rings. The highest BCUT2D eigenvalue weighted by Gasteiger charge is 2.09. The summed E-state index contributed by atoms with van der Waals surface area (Å²) in [6.45, 7) is 0. The molecule has 1 unspecified atom stereocenters. The first-order chi connectivity index (χ1) is 6.72. The van der Waals surface area contributed by atoms with E-state index < -0.39 is 0 Å². The quantitative estimate of drug-likeness (QED) is 0.721. The van der Waals surface area contributed by atoms with E-state index in [9.17, 15) is 4.79 Å². The lowest BCUT2D eigenvalue weighted by Gasteiger charge is -2.13. The third-order valence-electron chi connectivity index (χ3n) is 2.18. The Morgan fingerprint density at radius 1 is 1.43 bits per heavy atom. The standard InChI is InChI=1S/C11H16N2O/c1-13-10(8-11(12)14)7-9-5-3-2-4-6-9/h2-6,10,13H,7-8H2,1H3,(H2,12,14). The molecule has 0 heterocycles. The summed E-state index contributed by atoms with van der Waals surface area (Å²) in [6, 6.07) is 10.2. The van der Waals surface area contributed by atoms with Crippen LogP contribution in [-0.4, -0.2) is 19.0 Å². The van der Waals surface area contributed by atoms with Gasteiger partial charge < -0.3 is 11.1 Å². The van der Waals surface area contributed by atoms with Crippen molar-refractivity contribution in [3.8, 4) is 0 Å². The fourth-order valence-electron chi connectivity index (χ4n) is 1.42. The summed E-state index contributed by atoms with van der Waals surface area (Å²) in [5, 5.41) is 3.08. The molecule has 0 aliphatic carbocycles. The van der Waals surface area contributed by atoms with Crippen LogP contribution in [0.1, 0.15) is 12.0 Å². The van der Waals surface area contributed by atoms with Gasteiger partial charge in [0.25, 0.3) is 0 Å². The molecule has 0 aliphatic heterocycles. The summed E-state index contributed by atoms with van der Waals surface area (Å²) in [6.07, 6.45) is 1.21. The smallest absolute Gasteiger partial charge is 0.218 e. The van der Waals surface area contributed by atoms with Gasteiger partial charge in [0, 0.05) is 12.5 Å². The van der Waals surface area contributed by atoms with Crippen LogP contribution >= 0.6 is 0 Å². The highest BCUT2D eigenvalue weighted by Crippen LogP contribution is 2.04. The molecule has 0 saturated carbocycles. The molecular formula is C11H16N2O. The van der Waals surface area contributed by atoms with Gasteiger partial charge in [-0.15, -0.1) is 0 Å². The topological polar surface area (TPSA) is 55.1 Å². The van der Waals surface area contributed by atoms with Crippen LogP contribution in [0.15, 0.2) is 30.3 Å². The van der Waals surface area contributed by atoms with Crippen LogP contribution in [0.3, 0.4) is 0 Å². The van der Waals surface area contributed by atoms with Crippen LogP contribution in [0.4, 0.5) is 0 Å². The maximum absolute atomic E-state index is 10.7. The number of amides is 1. The van der Waals surface area contributed by atoms with Crippen molar-refractivity contribution < 1.29 is 4.79 Å². The lowest BCUT2D eigenvalue weighted by Crippen LogP contribution is -2.32. The van der Waals surface area contributed by atoms with E-state index in [2.05, 4.69) is 5.32 Å². The number of hydrogen-bond acceptors (Lipinski definition) is 2. The van der Waals surface area contributed by atoms with Crippen LogP contribution in [0, 0.1) is 0 Å². The Labute approximate surface area is 84.3 Å². The first kappa shape index (κ1) is 10.7. The van der Waals surface area contributed by atoms with Crippen molar-refractivity contribution in [2.75, 3.05) is 7.05 Å². The van der Waals surface area contributed by atoms with E-state index in [1.165, 1.54) is 5.56 Å². The van der Waals surface area contributed by atoms with E-state index in [1.807, 2.05) is 37.4 Å². The van der Waals surface area contributed by atoms with E-state index in [1.54, 1.807) is 0 Å². The Bertz CT molecular complexity index is 285.